The Kier molecular flexibility index (Phi) is 7.33. The molecule has 2 amide bonds. The van der Waals surface area contributed by atoms with Gasteiger partial charge < -0.3 is 20.5 Å². The summed E-state index contributed by atoms with van der Waals surface area (Å²) in [4.78, 5) is 36.4. The summed E-state index contributed by atoms with van der Waals surface area (Å²) in [6.07, 6.45) is -0.398. The van der Waals surface area contributed by atoms with E-state index in [1.54, 1.807) is 45.0 Å². The largest absolute Gasteiger partial charge is 0.480 e. The molecule has 0 heterocycles. The van der Waals surface area contributed by atoms with Gasteiger partial charge in [-0.05, 0) is 54.8 Å². The zero-order chi connectivity index (χ0) is 24.0. The molecule has 0 aliphatic rings. The van der Waals surface area contributed by atoms with E-state index in [-0.39, 0.29) is 13.0 Å². The minimum Gasteiger partial charge on any atom is -0.480 e. The van der Waals surface area contributed by atoms with Crippen molar-refractivity contribution in [3.8, 4) is 0 Å². The molecule has 0 spiro atoms. The number of fused-ring (bicyclic) bond motifs is 1. The predicted molar refractivity (Wildman–Crippen MR) is 126 cm³/mol. The second-order valence-electron chi connectivity index (χ2n) is 8.81. The van der Waals surface area contributed by atoms with Crippen LogP contribution in [-0.4, -0.2) is 34.7 Å². The van der Waals surface area contributed by atoms with Crippen molar-refractivity contribution in [3.05, 3.63) is 83.4 Å². The SMILES string of the molecule is CC(C)(C)OC(=O)NCc1cccc(C(=O)NC(Cc2ccc3ccccc3c2)C(=O)O)c1. The summed E-state index contributed by atoms with van der Waals surface area (Å²) < 4.78 is 5.20. The Morgan fingerprint density at radius 1 is 0.909 bits per heavy atom. The van der Waals surface area contributed by atoms with E-state index in [1.165, 1.54) is 0 Å². The first-order valence-corrected chi connectivity index (χ1v) is 10.7. The summed E-state index contributed by atoms with van der Waals surface area (Å²) >= 11 is 0. The number of carbonyl (C=O) groups excluding carboxylic acids is 2. The molecule has 0 saturated carbocycles. The van der Waals surface area contributed by atoms with E-state index in [1.807, 2.05) is 42.5 Å². The fourth-order valence-electron chi connectivity index (χ4n) is 3.35. The van der Waals surface area contributed by atoms with Gasteiger partial charge in [-0.2, -0.15) is 0 Å². The summed E-state index contributed by atoms with van der Waals surface area (Å²) in [7, 11) is 0. The van der Waals surface area contributed by atoms with Crippen molar-refractivity contribution in [1.29, 1.82) is 0 Å². The lowest BCUT2D eigenvalue weighted by Crippen LogP contribution is -2.42. The standard InChI is InChI=1S/C26H28N2O5/c1-26(2,3)33-25(32)27-16-18-7-6-10-21(14-18)23(29)28-22(24(30)31)15-17-11-12-19-8-4-5-9-20(19)13-17/h4-14,22H,15-16H2,1-3H3,(H,27,32)(H,28,29)(H,30,31). The quantitative estimate of drug-likeness (QED) is 0.500. The zero-order valence-electron chi connectivity index (χ0n) is 18.9. The highest BCUT2D eigenvalue weighted by Gasteiger charge is 2.22. The Morgan fingerprint density at radius 3 is 2.33 bits per heavy atom. The van der Waals surface area contributed by atoms with Crippen LogP contribution in [0.4, 0.5) is 4.79 Å². The minimum absolute atomic E-state index is 0.159. The lowest BCUT2D eigenvalue weighted by atomic mass is 10.0. The van der Waals surface area contributed by atoms with Crippen LogP contribution in [0.3, 0.4) is 0 Å². The van der Waals surface area contributed by atoms with Crippen molar-refractivity contribution in [3.63, 3.8) is 0 Å². The molecule has 1 unspecified atom stereocenters. The number of ether oxygens (including phenoxy) is 1. The first kappa shape index (κ1) is 23.8. The monoisotopic (exact) mass is 448 g/mol. The second-order valence-corrected chi connectivity index (χ2v) is 8.81. The first-order chi connectivity index (χ1) is 15.6. The van der Waals surface area contributed by atoms with Gasteiger partial charge >= 0.3 is 12.1 Å². The van der Waals surface area contributed by atoms with Crippen molar-refractivity contribution < 1.29 is 24.2 Å². The topological polar surface area (TPSA) is 105 Å². The number of rotatable bonds is 7. The lowest BCUT2D eigenvalue weighted by molar-refractivity contribution is -0.139. The highest BCUT2D eigenvalue weighted by Crippen LogP contribution is 2.17. The molecule has 0 aliphatic heterocycles. The van der Waals surface area contributed by atoms with E-state index in [9.17, 15) is 19.5 Å². The highest BCUT2D eigenvalue weighted by molar-refractivity contribution is 5.96. The molecule has 172 valence electrons. The fourth-order valence-corrected chi connectivity index (χ4v) is 3.35. The number of amides is 2. The molecule has 33 heavy (non-hydrogen) atoms. The van der Waals surface area contributed by atoms with E-state index in [0.29, 0.717) is 11.1 Å². The van der Waals surface area contributed by atoms with Crippen molar-refractivity contribution >= 4 is 28.7 Å². The molecule has 7 nitrogen and oxygen atoms in total. The third kappa shape index (κ3) is 7.07. The fraction of sp³-hybridized carbons (Fsp3) is 0.269. The average molecular weight is 449 g/mol. The summed E-state index contributed by atoms with van der Waals surface area (Å²) in [5.41, 5.74) is 1.21. The number of carboxylic acids is 1. The number of aliphatic carboxylic acids is 1. The molecule has 0 fully saturated rings. The Bertz CT molecular complexity index is 1170. The van der Waals surface area contributed by atoms with E-state index < -0.39 is 29.6 Å². The predicted octanol–water partition coefficient (Wildman–Crippen LogP) is 4.29. The van der Waals surface area contributed by atoms with Gasteiger partial charge in [0, 0.05) is 18.5 Å². The van der Waals surface area contributed by atoms with Crippen molar-refractivity contribution in [1.82, 2.24) is 10.6 Å². The van der Waals surface area contributed by atoms with Crippen LogP contribution in [0.25, 0.3) is 10.8 Å². The van der Waals surface area contributed by atoms with Crippen LogP contribution in [0.5, 0.6) is 0 Å². The van der Waals surface area contributed by atoms with Gasteiger partial charge in [-0.1, -0.05) is 54.6 Å². The zero-order valence-corrected chi connectivity index (χ0v) is 18.9. The van der Waals surface area contributed by atoms with Gasteiger partial charge in [0.2, 0.25) is 0 Å². The van der Waals surface area contributed by atoms with Gasteiger partial charge in [-0.15, -0.1) is 0 Å². The molecule has 1 atom stereocenters. The average Bonchev–Trinajstić information content (AvgIpc) is 2.76. The number of nitrogens with one attached hydrogen (secondary N) is 2. The van der Waals surface area contributed by atoms with Crippen molar-refractivity contribution in [2.75, 3.05) is 0 Å². The van der Waals surface area contributed by atoms with Crippen LogP contribution in [0.15, 0.2) is 66.7 Å². The summed E-state index contributed by atoms with van der Waals surface area (Å²) in [6, 6.07) is 19.1. The van der Waals surface area contributed by atoms with Crippen molar-refractivity contribution in [2.45, 2.75) is 45.4 Å². The van der Waals surface area contributed by atoms with E-state index in [4.69, 9.17) is 4.74 Å². The van der Waals surface area contributed by atoms with Gasteiger partial charge in [-0.3, -0.25) is 4.79 Å². The molecule has 0 radical (unpaired) electrons. The summed E-state index contributed by atoms with van der Waals surface area (Å²) in [6.45, 7) is 5.49. The van der Waals surface area contributed by atoms with Crippen LogP contribution >= 0.6 is 0 Å². The molecular formula is C26H28N2O5. The maximum absolute atomic E-state index is 12.8. The number of carboxylic acid groups (broad SMARTS) is 1. The van der Waals surface area contributed by atoms with Crippen LogP contribution in [0, 0.1) is 0 Å². The summed E-state index contributed by atoms with van der Waals surface area (Å²) in [5, 5.41) is 17.0. The van der Waals surface area contributed by atoms with Gasteiger partial charge in [0.25, 0.3) is 5.91 Å². The molecule has 3 aromatic carbocycles. The van der Waals surface area contributed by atoms with Crippen LogP contribution in [0.1, 0.15) is 42.3 Å². The molecule has 3 N–H and O–H groups in total. The Morgan fingerprint density at radius 2 is 1.64 bits per heavy atom. The summed E-state index contributed by atoms with van der Waals surface area (Å²) in [5.74, 6) is -1.61. The molecule has 3 aromatic rings. The van der Waals surface area contributed by atoms with Crippen LogP contribution in [-0.2, 0) is 22.5 Å². The van der Waals surface area contributed by atoms with Crippen LogP contribution < -0.4 is 10.6 Å². The Hall–Kier alpha value is -3.87. The number of alkyl carbamates (subject to hydrolysis) is 1. The van der Waals surface area contributed by atoms with Crippen molar-refractivity contribution in [2.24, 2.45) is 0 Å². The molecule has 0 bridgehead atoms. The van der Waals surface area contributed by atoms with E-state index in [0.717, 1.165) is 16.3 Å². The second kappa shape index (κ2) is 10.2. The lowest BCUT2D eigenvalue weighted by Gasteiger charge is -2.19. The van der Waals surface area contributed by atoms with Gasteiger partial charge in [0.1, 0.15) is 11.6 Å². The smallest absolute Gasteiger partial charge is 0.407 e. The molecule has 3 rings (SSSR count). The number of hydrogen-bond acceptors (Lipinski definition) is 4. The molecular weight excluding hydrogens is 420 g/mol. The van der Waals surface area contributed by atoms with E-state index >= 15 is 0 Å². The maximum Gasteiger partial charge on any atom is 0.407 e. The molecule has 0 aliphatic carbocycles. The first-order valence-electron chi connectivity index (χ1n) is 10.7. The maximum atomic E-state index is 12.8. The minimum atomic E-state index is -1.11. The van der Waals surface area contributed by atoms with Gasteiger partial charge in [-0.25, -0.2) is 9.59 Å². The molecule has 7 heteroatoms. The number of carbonyl (C=O) groups is 3. The number of hydrogen-bond donors (Lipinski definition) is 3. The van der Waals surface area contributed by atoms with Crippen LogP contribution in [0.2, 0.25) is 0 Å². The highest BCUT2D eigenvalue weighted by atomic mass is 16.6. The Labute approximate surface area is 192 Å². The molecule has 0 aromatic heterocycles. The molecule has 0 saturated heterocycles. The van der Waals surface area contributed by atoms with E-state index in [2.05, 4.69) is 10.6 Å². The van der Waals surface area contributed by atoms with Gasteiger partial charge in [0.05, 0.1) is 0 Å². The third-order valence-corrected chi connectivity index (χ3v) is 4.88. The normalized spacial score (nSPS) is 12.1. The Balaban J connectivity index is 1.65. The van der Waals surface area contributed by atoms with Gasteiger partial charge in [0.15, 0.2) is 0 Å². The third-order valence-electron chi connectivity index (χ3n) is 4.88. The number of benzene rings is 3.